The fraction of sp³-hybridized carbons (Fsp3) is 0.292. The van der Waals surface area contributed by atoms with E-state index in [0.29, 0.717) is 31.0 Å². The van der Waals surface area contributed by atoms with Gasteiger partial charge in [0.2, 0.25) is 5.91 Å². The summed E-state index contributed by atoms with van der Waals surface area (Å²) in [6.45, 7) is 4.63. The molecular weight excluding hydrogens is 378 g/mol. The van der Waals surface area contributed by atoms with Crippen LogP contribution in [0.2, 0.25) is 0 Å². The zero-order valence-electron chi connectivity index (χ0n) is 17.6. The van der Waals surface area contributed by atoms with Gasteiger partial charge in [0.1, 0.15) is 5.75 Å². The van der Waals surface area contributed by atoms with Crippen LogP contribution >= 0.6 is 0 Å². The largest absolute Gasteiger partial charge is 0.497 e. The van der Waals surface area contributed by atoms with Crippen LogP contribution in [0.1, 0.15) is 38.2 Å². The smallest absolute Gasteiger partial charge is 0.266 e. The molecule has 0 saturated carbocycles. The van der Waals surface area contributed by atoms with Gasteiger partial charge in [-0.3, -0.25) is 9.59 Å². The monoisotopic (exact) mass is 405 g/mol. The number of aromatic nitrogens is 2. The average molecular weight is 405 g/mol. The van der Waals surface area contributed by atoms with Crippen LogP contribution in [0.5, 0.6) is 5.75 Å². The SMILES string of the molecule is COc1cccc(-c2ccc(=O)n(CCCC(=O)Nc3ccc(C(C)C)cc3)n2)c1. The number of anilines is 1. The van der Waals surface area contributed by atoms with Crippen molar-refractivity contribution in [3.8, 4) is 17.0 Å². The summed E-state index contributed by atoms with van der Waals surface area (Å²) in [7, 11) is 1.61. The van der Waals surface area contributed by atoms with Crippen LogP contribution in [-0.4, -0.2) is 22.8 Å². The number of hydrogen-bond acceptors (Lipinski definition) is 4. The number of methoxy groups -OCH3 is 1. The van der Waals surface area contributed by atoms with Crippen molar-refractivity contribution in [1.29, 1.82) is 0 Å². The summed E-state index contributed by atoms with van der Waals surface area (Å²) < 4.78 is 6.65. The van der Waals surface area contributed by atoms with E-state index in [9.17, 15) is 9.59 Å². The van der Waals surface area contributed by atoms with Crippen molar-refractivity contribution in [1.82, 2.24) is 9.78 Å². The number of nitrogens with zero attached hydrogens (tertiary/aromatic N) is 2. The molecule has 0 radical (unpaired) electrons. The minimum atomic E-state index is -0.189. The minimum absolute atomic E-state index is 0.0794. The van der Waals surface area contributed by atoms with Crippen molar-refractivity contribution in [2.45, 2.75) is 39.2 Å². The van der Waals surface area contributed by atoms with Crippen LogP contribution in [-0.2, 0) is 11.3 Å². The Morgan fingerprint density at radius 3 is 2.57 bits per heavy atom. The Kier molecular flexibility index (Phi) is 7.01. The first kappa shape index (κ1) is 21.3. The Labute approximate surface area is 176 Å². The third-order valence-corrected chi connectivity index (χ3v) is 4.87. The standard InChI is InChI=1S/C24H27N3O3/c1-17(2)18-9-11-20(12-10-18)25-23(28)8-5-15-27-24(29)14-13-22(26-27)19-6-4-7-21(16-19)30-3/h4,6-7,9-14,16-17H,5,8,15H2,1-3H3,(H,25,28). The second-order valence-corrected chi connectivity index (χ2v) is 7.44. The number of carbonyl (C=O) groups excluding carboxylic acids is 1. The molecule has 1 heterocycles. The molecule has 156 valence electrons. The van der Waals surface area contributed by atoms with E-state index in [1.54, 1.807) is 13.2 Å². The molecule has 0 saturated heterocycles. The first-order valence-corrected chi connectivity index (χ1v) is 10.1. The highest BCUT2D eigenvalue weighted by atomic mass is 16.5. The topological polar surface area (TPSA) is 73.2 Å². The van der Waals surface area contributed by atoms with E-state index >= 15 is 0 Å². The number of hydrogen-bond donors (Lipinski definition) is 1. The summed E-state index contributed by atoms with van der Waals surface area (Å²) in [5.74, 6) is 1.10. The van der Waals surface area contributed by atoms with Crippen molar-refractivity contribution >= 4 is 11.6 Å². The van der Waals surface area contributed by atoms with Crippen molar-refractivity contribution in [3.63, 3.8) is 0 Å². The van der Waals surface area contributed by atoms with Crippen LogP contribution in [0, 0.1) is 0 Å². The molecule has 3 rings (SSSR count). The number of carbonyl (C=O) groups is 1. The number of rotatable bonds is 8. The molecule has 3 aromatic rings. The lowest BCUT2D eigenvalue weighted by atomic mass is 10.0. The molecule has 6 nitrogen and oxygen atoms in total. The summed E-state index contributed by atoms with van der Waals surface area (Å²) in [5, 5.41) is 7.34. The van der Waals surface area contributed by atoms with Gasteiger partial charge in [-0.05, 0) is 48.2 Å². The van der Waals surface area contributed by atoms with Crippen LogP contribution in [0.4, 0.5) is 5.69 Å². The number of ether oxygens (including phenoxy) is 1. The van der Waals surface area contributed by atoms with Crippen molar-refractivity contribution < 1.29 is 9.53 Å². The maximum Gasteiger partial charge on any atom is 0.266 e. The highest BCUT2D eigenvalue weighted by molar-refractivity contribution is 5.90. The lowest BCUT2D eigenvalue weighted by molar-refractivity contribution is -0.116. The van der Waals surface area contributed by atoms with E-state index in [4.69, 9.17) is 4.74 Å². The Morgan fingerprint density at radius 1 is 1.10 bits per heavy atom. The van der Waals surface area contributed by atoms with Crippen LogP contribution in [0.15, 0.2) is 65.5 Å². The number of aryl methyl sites for hydroxylation is 1. The molecule has 0 aliphatic rings. The van der Waals surface area contributed by atoms with Gasteiger partial charge in [0.25, 0.3) is 5.56 Å². The molecule has 0 aliphatic heterocycles. The van der Waals surface area contributed by atoms with E-state index in [1.807, 2.05) is 48.5 Å². The molecule has 0 spiro atoms. The maximum atomic E-state index is 12.2. The fourth-order valence-corrected chi connectivity index (χ4v) is 3.11. The van der Waals surface area contributed by atoms with E-state index < -0.39 is 0 Å². The molecular formula is C24H27N3O3. The quantitative estimate of drug-likeness (QED) is 0.600. The van der Waals surface area contributed by atoms with E-state index in [0.717, 1.165) is 17.0 Å². The highest BCUT2D eigenvalue weighted by Gasteiger charge is 2.07. The lowest BCUT2D eigenvalue weighted by Gasteiger charge is -2.10. The van der Waals surface area contributed by atoms with Crippen LogP contribution in [0.3, 0.4) is 0 Å². The van der Waals surface area contributed by atoms with Gasteiger partial charge in [0, 0.05) is 30.3 Å². The molecule has 1 aromatic heterocycles. The molecule has 0 fully saturated rings. The Balaban J connectivity index is 1.58. The van der Waals surface area contributed by atoms with Crippen LogP contribution in [0.25, 0.3) is 11.3 Å². The Bertz CT molecular complexity index is 1060. The van der Waals surface area contributed by atoms with Crippen LogP contribution < -0.4 is 15.6 Å². The summed E-state index contributed by atoms with van der Waals surface area (Å²) in [6.07, 6.45) is 0.827. The summed E-state index contributed by atoms with van der Waals surface area (Å²) >= 11 is 0. The number of nitrogens with one attached hydrogen (secondary N) is 1. The number of amides is 1. The number of benzene rings is 2. The second-order valence-electron chi connectivity index (χ2n) is 7.44. The Hall–Kier alpha value is -3.41. The summed E-state index contributed by atoms with van der Waals surface area (Å²) in [4.78, 5) is 24.4. The molecule has 0 aliphatic carbocycles. The highest BCUT2D eigenvalue weighted by Crippen LogP contribution is 2.21. The minimum Gasteiger partial charge on any atom is -0.497 e. The van der Waals surface area contributed by atoms with E-state index in [-0.39, 0.29) is 11.5 Å². The van der Waals surface area contributed by atoms with Gasteiger partial charge in [0.05, 0.1) is 12.8 Å². The molecule has 0 bridgehead atoms. The van der Waals surface area contributed by atoms with Gasteiger partial charge in [-0.2, -0.15) is 5.10 Å². The molecule has 30 heavy (non-hydrogen) atoms. The van der Waals surface area contributed by atoms with Gasteiger partial charge in [0.15, 0.2) is 0 Å². The van der Waals surface area contributed by atoms with Gasteiger partial charge in [-0.1, -0.05) is 38.1 Å². The third kappa shape index (κ3) is 5.56. The molecule has 1 amide bonds. The van der Waals surface area contributed by atoms with Gasteiger partial charge < -0.3 is 10.1 Å². The van der Waals surface area contributed by atoms with Crippen molar-refractivity contribution in [2.24, 2.45) is 0 Å². The molecule has 0 atom stereocenters. The zero-order chi connectivity index (χ0) is 21.5. The first-order valence-electron chi connectivity index (χ1n) is 10.1. The van der Waals surface area contributed by atoms with Gasteiger partial charge in [-0.15, -0.1) is 0 Å². The fourth-order valence-electron chi connectivity index (χ4n) is 3.11. The molecule has 1 N–H and O–H groups in total. The van der Waals surface area contributed by atoms with Gasteiger partial charge in [-0.25, -0.2) is 4.68 Å². The normalized spacial score (nSPS) is 10.8. The maximum absolute atomic E-state index is 12.2. The lowest BCUT2D eigenvalue weighted by Crippen LogP contribution is -2.23. The third-order valence-electron chi connectivity index (χ3n) is 4.87. The first-order chi connectivity index (χ1) is 14.5. The zero-order valence-corrected chi connectivity index (χ0v) is 17.6. The predicted molar refractivity (Wildman–Crippen MR) is 119 cm³/mol. The van der Waals surface area contributed by atoms with E-state index in [2.05, 4.69) is 24.3 Å². The Morgan fingerprint density at radius 2 is 1.87 bits per heavy atom. The second kappa shape index (κ2) is 9.87. The van der Waals surface area contributed by atoms with Crippen molar-refractivity contribution in [2.75, 3.05) is 12.4 Å². The molecule has 6 heteroatoms. The van der Waals surface area contributed by atoms with Gasteiger partial charge >= 0.3 is 0 Å². The average Bonchev–Trinajstić information content (AvgIpc) is 2.75. The summed E-state index contributed by atoms with van der Waals surface area (Å²) in [6, 6.07) is 18.6. The molecule has 2 aromatic carbocycles. The predicted octanol–water partition coefficient (Wildman–Crippen LogP) is 4.46. The molecule has 0 unspecified atom stereocenters. The van der Waals surface area contributed by atoms with Crippen molar-refractivity contribution in [3.05, 3.63) is 76.6 Å². The summed E-state index contributed by atoms with van der Waals surface area (Å²) in [5.41, 5.74) is 3.37. The van der Waals surface area contributed by atoms with E-state index in [1.165, 1.54) is 16.3 Å².